The fourth-order valence-electron chi connectivity index (χ4n) is 3.86. The molecule has 0 radical (unpaired) electrons. The molecule has 0 aliphatic carbocycles. The van der Waals surface area contributed by atoms with Crippen LogP contribution < -0.4 is 10.2 Å². The van der Waals surface area contributed by atoms with Gasteiger partial charge in [-0.15, -0.1) is 0 Å². The molecule has 2 aromatic heterocycles. The Morgan fingerprint density at radius 1 is 1.31 bits per heavy atom. The number of nitrogens with one attached hydrogen (secondary N) is 1. The van der Waals surface area contributed by atoms with E-state index in [2.05, 4.69) is 15.5 Å². The SMILES string of the molecule is CC1CN(c2c(CO)nc3c(C(=O)NCc4ccc(C#N)cc4)noc3c2Cl)CC(C)O1. The van der Waals surface area contributed by atoms with Gasteiger partial charge in [0.2, 0.25) is 5.58 Å². The third-order valence-electron chi connectivity index (χ3n) is 5.23. The molecule has 166 valence electrons. The molecule has 1 aromatic carbocycles. The topological polar surface area (TPSA) is 125 Å². The molecule has 3 heterocycles. The first kappa shape index (κ1) is 22.0. The zero-order valence-corrected chi connectivity index (χ0v) is 18.4. The van der Waals surface area contributed by atoms with Gasteiger partial charge < -0.3 is 24.6 Å². The molecule has 2 unspecified atom stereocenters. The molecule has 0 spiro atoms. The quantitative estimate of drug-likeness (QED) is 0.601. The lowest BCUT2D eigenvalue weighted by Crippen LogP contribution is -2.46. The van der Waals surface area contributed by atoms with Gasteiger partial charge in [-0.3, -0.25) is 4.79 Å². The van der Waals surface area contributed by atoms with Crippen molar-refractivity contribution >= 4 is 34.3 Å². The maximum absolute atomic E-state index is 12.7. The Bertz CT molecular complexity index is 1180. The second-order valence-corrected chi connectivity index (χ2v) is 8.12. The smallest absolute Gasteiger partial charge is 0.276 e. The van der Waals surface area contributed by atoms with Crippen LogP contribution in [-0.4, -0.2) is 46.5 Å². The summed E-state index contributed by atoms with van der Waals surface area (Å²) in [5.41, 5.74) is 2.63. The molecule has 1 aliphatic rings. The molecule has 4 rings (SSSR count). The molecule has 1 aliphatic heterocycles. The highest BCUT2D eigenvalue weighted by molar-refractivity contribution is 6.37. The minimum atomic E-state index is -0.484. The monoisotopic (exact) mass is 455 g/mol. The number of nitriles is 1. The maximum atomic E-state index is 12.7. The number of halogens is 1. The van der Waals surface area contributed by atoms with Gasteiger partial charge in [-0.2, -0.15) is 5.26 Å². The Kier molecular flexibility index (Phi) is 6.28. The first-order chi connectivity index (χ1) is 15.4. The van der Waals surface area contributed by atoms with Gasteiger partial charge in [-0.25, -0.2) is 4.98 Å². The van der Waals surface area contributed by atoms with Crippen molar-refractivity contribution < 1.29 is 19.2 Å². The molecule has 1 amide bonds. The first-order valence-electron chi connectivity index (χ1n) is 10.2. The summed E-state index contributed by atoms with van der Waals surface area (Å²) in [6, 6.07) is 8.92. The number of morpholine rings is 1. The van der Waals surface area contributed by atoms with Crippen molar-refractivity contribution in [2.24, 2.45) is 0 Å². The van der Waals surface area contributed by atoms with E-state index in [1.54, 1.807) is 24.3 Å². The number of rotatable bonds is 5. The first-order valence-corrected chi connectivity index (χ1v) is 10.5. The molecule has 10 heteroatoms. The average molecular weight is 456 g/mol. The summed E-state index contributed by atoms with van der Waals surface area (Å²) < 4.78 is 11.2. The molecule has 0 saturated carbocycles. The zero-order chi connectivity index (χ0) is 22.8. The summed E-state index contributed by atoms with van der Waals surface area (Å²) in [5, 5.41) is 25.8. The van der Waals surface area contributed by atoms with Crippen molar-refractivity contribution in [2.75, 3.05) is 18.0 Å². The molecule has 1 saturated heterocycles. The Morgan fingerprint density at radius 2 is 2.00 bits per heavy atom. The third-order valence-corrected chi connectivity index (χ3v) is 5.58. The fraction of sp³-hybridized carbons (Fsp3) is 0.364. The Labute approximate surface area is 189 Å². The van der Waals surface area contributed by atoms with Crippen molar-refractivity contribution in [3.05, 3.63) is 51.8 Å². The van der Waals surface area contributed by atoms with Gasteiger partial charge in [0.05, 0.1) is 41.8 Å². The largest absolute Gasteiger partial charge is 0.390 e. The van der Waals surface area contributed by atoms with Crippen LogP contribution in [0.2, 0.25) is 5.02 Å². The molecule has 2 N–H and O–H groups in total. The summed E-state index contributed by atoms with van der Waals surface area (Å²) in [7, 11) is 0. The van der Waals surface area contributed by atoms with Crippen LogP contribution in [0, 0.1) is 11.3 Å². The lowest BCUT2D eigenvalue weighted by molar-refractivity contribution is -0.00533. The Balaban J connectivity index is 1.62. The lowest BCUT2D eigenvalue weighted by Gasteiger charge is -2.37. The number of pyridine rings is 1. The van der Waals surface area contributed by atoms with E-state index in [0.717, 1.165) is 5.56 Å². The zero-order valence-electron chi connectivity index (χ0n) is 17.6. The highest BCUT2D eigenvalue weighted by atomic mass is 35.5. The number of fused-ring (bicyclic) bond motifs is 1. The van der Waals surface area contributed by atoms with E-state index in [1.807, 2.05) is 24.8 Å². The molecular formula is C22H22ClN5O4. The number of nitrogens with zero attached hydrogens (tertiary/aromatic N) is 4. The van der Waals surface area contributed by atoms with E-state index in [1.165, 1.54) is 0 Å². The number of hydrogen-bond acceptors (Lipinski definition) is 8. The molecule has 9 nitrogen and oxygen atoms in total. The fourth-order valence-corrected chi connectivity index (χ4v) is 4.21. The average Bonchev–Trinajstić information content (AvgIpc) is 3.21. The Hall–Kier alpha value is -3.19. The van der Waals surface area contributed by atoms with Gasteiger partial charge in [0, 0.05) is 19.6 Å². The van der Waals surface area contributed by atoms with Crippen LogP contribution in [0.25, 0.3) is 11.1 Å². The third kappa shape index (κ3) is 4.25. The molecule has 0 bridgehead atoms. The Morgan fingerprint density at radius 3 is 2.62 bits per heavy atom. The van der Waals surface area contributed by atoms with Crippen molar-refractivity contribution in [2.45, 2.75) is 39.2 Å². The molecular weight excluding hydrogens is 434 g/mol. The number of carbonyl (C=O) groups excluding carboxylic acids is 1. The summed E-state index contributed by atoms with van der Waals surface area (Å²) >= 11 is 6.65. The second-order valence-electron chi connectivity index (χ2n) is 7.74. The van der Waals surface area contributed by atoms with Crippen molar-refractivity contribution in [3.63, 3.8) is 0 Å². The number of aromatic nitrogens is 2. The molecule has 32 heavy (non-hydrogen) atoms. The van der Waals surface area contributed by atoms with Crippen LogP contribution in [0.5, 0.6) is 0 Å². The molecule has 1 fully saturated rings. The number of amides is 1. The van der Waals surface area contributed by atoms with Crippen LogP contribution in [0.3, 0.4) is 0 Å². The number of hydrogen-bond donors (Lipinski definition) is 2. The minimum absolute atomic E-state index is 0.0134. The van der Waals surface area contributed by atoms with Gasteiger partial charge in [0.1, 0.15) is 10.5 Å². The predicted molar refractivity (Wildman–Crippen MR) is 117 cm³/mol. The second kappa shape index (κ2) is 9.12. The van der Waals surface area contributed by atoms with Gasteiger partial charge in [-0.05, 0) is 31.5 Å². The van der Waals surface area contributed by atoms with Gasteiger partial charge in [-0.1, -0.05) is 28.9 Å². The highest BCUT2D eigenvalue weighted by Crippen LogP contribution is 2.37. The van der Waals surface area contributed by atoms with Crippen LogP contribution in [0.1, 0.15) is 41.2 Å². The van der Waals surface area contributed by atoms with Gasteiger partial charge in [0.25, 0.3) is 5.91 Å². The van der Waals surface area contributed by atoms with E-state index < -0.39 is 5.91 Å². The summed E-state index contributed by atoms with van der Waals surface area (Å²) in [6.45, 7) is 4.97. The highest BCUT2D eigenvalue weighted by Gasteiger charge is 2.30. The van der Waals surface area contributed by atoms with Crippen LogP contribution in [0.4, 0.5) is 5.69 Å². The predicted octanol–water partition coefficient (Wildman–Crippen LogP) is 2.78. The van der Waals surface area contributed by atoms with E-state index in [-0.39, 0.29) is 47.2 Å². The van der Waals surface area contributed by atoms with Gasteiger partial charge >= 0.3 is 0 Å². The molecule has 2 atom stereocenters. The normalized spacial score (nSPS) is 18.5. The summed E-state index contributed by atoms with van der Waals surface area (Å²) in [6.07, 6.45) is -0.0364. The summed E-state index contributed by atoms with van der Waals surface area (Å²) in [4.78, 5) is 19.2. The minimum Gasteiger partial charge on any atom is -0.390 e. The van der Waals surface area contributed by atoms with E-state index in [4.69, 9.17) is 26.1 Å². The van der Waals surface area contributed by atoms with Gasteiger partial charge in [0.15, 0.2) is 5.69 Å². The van der Waals surface area contributed by atoms with E-state index >= 15 is 0 Å². The van der Waals surface area contributed by atoms with Crippen molar-refractivity contribution in [1.29, 1.82) is 5.26 Å². The van der Waals surface area contributed by atoms with E-state index in [9.17, 15) is 9.90 Å². The van der Waals surface area contributed by atoms with Crippen molar-refractivity contribution in [1.82, 2.24) is 15.5 Å². The van der Waals surface area contributed by atoms with Crippen LogP contribution in [-0.2, 0) is 17.9 Å². The number of aliphatic hydroxyl groups is 1. The maximum Gasteiger partial charge on any atom is 0.276 e. The van der Waals surface area contributed by atoms with Crippen molar-refractivity contribution in [3.8, 4) is 6.07 Å². The van der Waals surface area contributed by atoms with E-state index in [0.29, 0.717) is 30.0 Å². The molecule has 3 aromatic rings. The summed E-state index contributed by atoms with van der Waals surface area (Å²) in [5.74, 6) is -0.484. The number of carbonyl (C=O) groups is 1. The number of anilines is 1. The number of benzene rings is 1. The lowest BCUT2D eigenvalue weighted by atomic mass is 10.1. The van der Waals surface area contributed by atoms with Crippen LogP contribution >= 0.6 is 11.6 Å². The number of ether oxygens (including phenoxy) is 1. The number of aliphatic hydroxyl groups excluding tert-OH is 1. The standard InChI is InChI=1S/C22H22ClN5O4/c1-12-9-28(10-13(2)31-12)20-16(11-29)26-18-19(27-32-21(18)17(20)23)22(30)25-8-15-5-3-14(7-24)4-6-15/h3-6,12-13,29H,8-11H2,1-2H3,(H,25,30). The van der Waals surface area contributed by atoms with Crippen LogP contribution in [0.15, 0.2) is 28.8 Å².